The van der Waals surface area contributed by atoms with Crippen LogP contribution in [0.3, 0.4) is 0 Å². The van der Waals surface area contributed by atoms with E-state index in [0.29, 0.717) is 18.7 Å². The largest absolute Gasteiger partial charge is 0.492 e. The number of rotatable bonds is 5. The Labute approximate surface area is 112 Å². The Morgan fingerprint density at radius 3 is 2.74 bits per heavy atom. The smallest absolute Gasteiger partial charge is 0.256 e. The van der Waals surface area contributed by atoms with Crippen molar-refractivity contribution >= 4 is 5.91 Å². The highest BCUT2D eigenvalue weighted by atomic mass is 16.5. The van der Waals surface area contributed by atoms with Crippen molar-refractivity contribution < 1.29 is 9.53 Å². The van der Waals surface area contributed by atoms with Gasteiger partial charge in [-0.1, -0.05) is 18.2 Å². The van der Waals surface area contributed by atoms with Crippen LogP contribution < -0.4 is 4.74 Å². The minimum atomic E-state index is -0.0511. The predicted molar refractivity (Wildman–Crippen MR) is 72.1 cm³/mol. The number of hydrogen-bond acceptors (Lipinski definition) is 3. The molecular formula is C14H17N3O2. The third-order valence-corrected chi connectivity index (χ3v) is 2.74. The molecule has 1 heterocycles. The van der Waals surface area contributed by atoms with Gasteiger partial charge in [0.2, 0.25) is 0 Å². The quantitative estimate of drug-likeness (QED) is 0.819. The van der Waals surface area contributed by atoms with Crippen molar-refractivity contribution in [3.8, 4) is 5.75 Å². The highest BCUT2D eigenvalue weighted by Crippen LogP contribution is 2.08. The molecule has 5 nitrogen and oxygen atoms in total. The van der Waals surface area contributed by atoms with Crippen LogP contribution in [-0.2, 0) is 7.05 Å². The molecule has 5 heteroatoms. The van der Waals surface area contributed by atoms with E-state index in [1.807, 2.05) is 30.3 Å². The molecule has 0 aliphatic rings. The molecule has 0 N–H and O–H groups in total. The molecule has 2 aromatic rings. The molecule has 0 aliphatic carbocycles. The van der Waals surface area contributed by atoms with Gasteiger partial charge in [-0.15, -0.1) is 0 Å². The number of aryl methyl sites for hydroxylation is 1. The lowest BCUT2D eigenvalue weighted by molar-refractivity contribution is 0.0773. The lowest BCUT2D eigenvalue weighted by atomic mass is 10.3. The second-order valence-electron chi connectivity index (χ2n) is 4.29. The normalized spacial score (nSPS) is 10.2. The van der Waals surface area contributed by atoms with E-state index in [0.717, 1.165) is 5.75 Å². The van der Waals surface area contributed by atoms with E-state index >= 15 is 0 Å². The molecule has 19 heavy (non-hydrogen) atoms. The third kappa shape index (κ3) is 3.58. The standard InChI is InChI=1S/C14H17N3O2/c1-16(14(18)12-10-15-17(2)11-12)8-9-19-13-6-4-3-5-7-13/h3-7,10-11H,8-9H2,1-2H3. The van der Waals surface area contributed by atoms with Crippen molar-refractivity contribution in [1.29, 1.82) is 0 Å². The van der Waals surface area contributed by atoms with E-state index in [-0.39, 0.29) is 5.91 Å². The zero-order chi connectivity index (χ0) is 13.7. The van der Waals surface area contributed by atoms with Gasteiger partial charge in [-0.3, -0.25) is 9.48 Å². The molecular weight excluding hydrogens is 242 g/mol. The summed E-state index contributed by atoms with van der Waals surface area (Å²) in [6, 6.07) is 9.55. The first kappa shape index (κ1) is 13.1. The summed E-state index contributed by atoms with van der Waals surface area (Å²) in [7, 11) is 3.54. The monoisotopic (exact) mass is 259 g/mol. The van der Waals surface area contributed by atoms with E-state index in [4.69, 9.17) is 4.74 Å². The van der Waals surface area contributed by atoms with Crippen LogP contribution >= 0.6 is 0 Å². The predicted octanol–water partition coefficient (Wildman–Crippen LogP) is 1.57. The van der Waals surface area contributed by atoms with Crippen LogP contribution in [-0.4, -0.2) is 40.8 Å². The summed E-state index contributed by atoms with van der Waals surface area (Å²) in [5.41, 5.74) is 0.588. The summed E-state index contributed by atoms with van der Waals surface area (Å²) in [5.74, 6) is 0.759. The van der Waals surface area contributed by atoms with Crippen LogP contribution in [0.15, 0.2) is 42.7 Å². The van der Waals surface area contributed by atoms with E-state index < -0.39 is 0 Å². The number of ether oxygens (including phenoxy) is 1. The molecule has 0 fully saturated rings. The Morgan fingerprint density at radius 2 is 2.11 bits per heavy atom. The van der Waals surface area contributed by atoms with Crippen LogP contribution in [0.2, 0.25) is 0 Å². The molecule has 0 saturated carbocycles. The van der Waals surface area contributed by atoms with Crippen LogP contribution in [0.25, 0.3) is 0 Å². The molecule has 100 valence electrons. The Bertz CT molecular complexity index is 537. The minimum absolute atomic E-state index is 0.0511. The van der Waals surface area contributed by atoms with Crippen molar-refractivity contribution in [2.75, 3.05) is 20.2 Å². The zero-order valence-corrected chi connectivity index (χ0v) is 11.1. The molecule has 1 aromatic carbocycles. The minimum Gasteiger partial charge on any atom is -0.492 e. The SMILES string of the molecule is CN(CCOc1ccccc1)C(=O)c1cnn(C)c1. The van der Waals surface area contributed by atoms with Crippen molar-refractivity contribution in [1.82, 2.24) is 14.7 Å². The van der Waals surface area contributed by atoms with Gasteiger partial charge in [0.15, 0.2) is 0 Å². The molecule has 1 amide bonds. The van der Waals surface area contributed by atoms with Crippen LogP contribution in [0.1, 0.15) is 10.4 Å². The lowest BCUT2D eigenvalue weighted by Gasteiger charge is -2.16. The van der Waals surface area contributed by atoms with Gasteiger partial charge in [0.1, 0.15) is 12.4 Å². The molecule has 0 unspecified atom stereocenters. The van der Waals surface area contributed by atoms with Crippen molar-refractivity contribution in [2.24, 2.45) is 7.05 Å². The van der Waals surface area contributed by atoms with Gasteiger partial charge in [-0.2, -0.15) is 5.10 Å². The number of hydrogen-bond donors (Lipinski definition) is 0. The van der Waals surface area contributed by atoms with E-state index in [2.05, 4.69) is 5.10 Å². The fourth-order valence-corrected chi connectivity index (χ4v) is 1.67. The fourth-order valence-electron chi connectivity index (χ4n) is 1.67. The second-order valence-corrected chi connectivity index (χ2v) is 4.29. The van der Waals surface area contributed by atoms with Gasteiger partial charge >= 0.3 is 0 Å². The first-order valence-corrected chi connectivity index (χ1v) is 6.09. The molecule has 0 bridgehead atoms. The first-order valence-electron chi connectivity index (χ1n) is 6.09. The number of benzene rings is 1. The van der Waals surface area contributed by atoms with Crippen molar-refractivity contribution in [3.63, 3.8) is 0 Å². The molecule has 0 radical (unpaired) electrons. The van der Waals surface area contributed by atoms with Crippen molar-refractivity contribution in [3.05, 3.63) is 48.3 Å². The highest BCUT2D eigenvalue weighted by molar-refractivity contribution is 5.93. The maximum Gasteiger partial charge on any atom is 0.256 e. The number of amides is 1. The Kier molecular flexibility index (Phi) is 4.18. The zero-order valence-electron chi connectivity index (χ0n) is 11.1. The molecule has 1 aromatic heterocycles. The second kappa shape index (κ2) is 6.04. The van der Waals surface area contributed by atoms with Crippen LogP contribution in [0, 0.1) is 0 Å². The van der Waals surface area contributed by atoms with E-state index in [1.54, 1.807) is 36.1 Å². The average Bonchev–Trinajstić information content (AvgIpc) is 2.85. The van der Waals surface area contributed by atoms with Gasteiger partial charge in [0, 0.05) is 20.3 Å². The summed E-state index contributed by atoms with van der Waals surface area (Å²) in [5, 5.41) is 3.99. The number of nitrogens with zero attached hydrogens (tertiary/aromatic N) is 3. The molecule has 0 saturated heterocycles. The average molecular weight is 259 g/mol. The summed E-state index contributed by atoms with van der Waals surface area (Å²) < 4.78 is 7.17. The summed E-state index contributed by atoms with van der Waals surface area (Å²) in [4.78, 5) is 13.6. The molecule has 0 aliphatic heterocycles. The van der Waals surface area contributed by atoms with E-state index in [9.17, 15) is 4.79 Å². The van der Waals surface area contributed by atoms with Gasteiger partial charge in [-0.25, -0.2) is 0 Å². The number of para-hydroxylation sites is 1. The van der Waals surface area contributed by atoms with Gasteiger partial charge in [-0.05, 0) is 12.1 Å². The number of carbonyl (C=O) groups excluding carboxylic acids is 1. The lowest BCUT2D eigenvalue weighted by Crippen LogP contribution is -2.30. The topological polar surface area (TPSA) is 47.4 Å². The third-order valence-electron chi connectivity index (χ3n) is 2.74. The number of aromatic nitrogens is 2. The Morgan fingerprint density at radius 1 is 1.37 bits per heavy atom. The Balaban J connectivity index is 1.81. The van der Waals surface area contributed by atoms with Gasteiger partial charge in [0.05, 0.1) is 18.3 Å². The molecule has 0 spiro atoms. The maximum atomic E-state index is 12.0. The molecule has 0 atom stereocenters. The van der Waals surface area contributed by atoms with Crippen LogP contribution in [0.4, 0.5) is 0 Å². The highest BCUT2D eigenvalue weighted by Gasteiger charge is 2.12. The number of carbonyl (C=O) groups is 1. The van der Waals surface area contributed by atoms with E-state index in [1.165, 1.54) is 0 Å². The number of likely N-dealkylation sites (N-methyl/N-ethyl adjacent to an activating group) is 1. The first-order chi connectivity index (χ1) is 9.16. The Hall–Kier alpha value is -2.30. The van der Waals surface area contributed by atoms with Gasteiger partial charge < -0.3 is 9.64 Å². The van der Waals surface area contributed by atoms with Crippen molar-refractivity contribution in [2.45, 2.75) is 0 Å². The summed E-state index contributed by atoms with van der Waals surface area (Å²) in [6.45, 7) is 0.995. The maximum absolute atomic E-state index is 12.0. The summed E-state index contributed by atoms with van der Waals surface area (Å²) in [6.07, 6.45) is 3.27. The molecule has 2 rings (SSSR count). The van der Waals surface area contributed by atoms with Crippen LogP contribution in [0.5, 0.6) is 5.75 Å². The fraction of sp³-hybridized carbons (Fsp3) is 0.286. The van der Waals surface area contributed by atoms with Gasteiger partial charge in [0.25, 0.3) is 5.91 Å². The summed E-state index contributed by atoms with van der Waals surface area (Å²) >= 11 is 0.